The first-order chi connectivity index (χ1) is 9.65. The number of H-pyrrole nitrogens is 1. The summed E-state index contributed by atoms with van der Waals surface area (Å²) >= 11 is 0. The van der Waals surface area contributed by atoms with Crippen LogP contribution in [-0.2, 0) is 0 Å². The zero-order chi connectivity index (χ0) is 14.1. The third-order valence-corrected chi connectivity index (χ3v) is 3.26. The summed E-state index contributed by atoms with van der Waals surface area (Å²) in [6.07, 6.45) is 3.57. The van der Waals surface area contributed by atoms with Crippen molar-refractivity contribution in [1.82, 2.24) is 15.0 Å². The van der Waals surface area contributed by atoms with Crippen molar-refractivity contribution in [1.29, 1.82) is 0 Å². The fourth-order valence-electron chi connectivity index (χ4n) is 2.23. The Morgan fingerprint density at radius 1 is 1.20 bits per heavy atom. The van der Waals surface area contributed by atoms with Crippen LogP contribution in [0.5, 0.6) is 0 Å². The van der Waals surface area contributed by atoms with Crippen molar-refractivity contribution in [3.63, 3.8) is 0 Å². The van der Waals surface area contributed by atoms with E-state index in [1.54, 1.807) is 12.3 Å². The van der Waals surface area contributed by atoms with E-state index in [-0.39, 0.29) is 11.5 Å². The second-order valence-electron chi connectivity index (χ2n) is 5.07. The van der Waals surface area contributed by atoms with Gasteiger partial charge < -0.3 is 4.98 Å². The summed E-state index contributed by atoms with van der Waals surface area (Å²) in [5.41, 5.74) is 1.54. The minimum atomic E-state index is -0.121. The molecule has 3 aromatic rings. The molecule has 0 amide bonds. The third kappa shape index (κ3) is 2.20. The van der Waals surface area contributed by atoms with Crippen LogP contribution >= 0.6 is 0 Å². The molecule has 0 aliphatic heterocycles. The summed E-state index contributed by atoms with van der Waals surface area (Å²) in [5.74, 6) is 0.887. The maximum atomic E-state index is 11.8. The molecule has 2 heterocycles. The van der Waals surface area contributed by atoms with Crippen molar-refractivity contribution in [2.45, 2.75) is 19.8 Å². The van der Waals surface area contributed by atoms with Gasteiger partial charge in [0.2, 0.25) is 0 Å². The molecule has 0 saturated heterocycles. The topological polar surface area (TPSA) is 58.6 Å². The summed E-state index contributed by atoms with van der Waals surface area (Å²) in [6.45, 7) is 4.02. The van der Waals surface area contributed by atoms with Gasteiger partial charge in [0.25, 0.3) is 5.56 Å². The molecule has 100 valence electrons. The van der Waals surface area contributed by atoms with Crippen LogP contribution < -0.4 is 5.56 Å². The molecule has 4 heteroatoms. The Hall–Kier alpha value is -2.49. The van der Waals surface area contributed by atoms with Gasteiger partial charge in [-0.3, -0.25) is 9.78 Å². The van der Waals surface area contributed by atoms with Crippen molar-refractivity contribution < 1.29 is 0 Å². The second kappa shape index (κ2) is 4.89. The molecule has 0 spiro atoms. The predicted molar refractivity (Wildman–Crippen MR) is 79.7 cm³/mol. The average Bonchev–Trinajstić information content (AvgIpc) is 2.46. The molecule has 0 bridgehead atoms. The van der Waals surface area contributed by atoms with E-state index in [2.05, 4.69) is 15.0 Å². The number of hydrogen-bond donors (Lipinski definition) is 1. The molecule has 3 rings (SSSR count). The number of nitrogens with one attached hydrogen (secondary N) is 1. The monoisotopic (exact) mass is 265 g/mol. The molecule has 0 unspecified atom stereocenters. The minimum Gasteiger partial charge on any atom is -0.310 e. The molecule has 0 saturated carbocycles. The fourth-order valence-corrected chi connectivity index (χ4v) is 2.23. The Labute approximate surface area is 116 Å². The van der Waals surface area contributed by atoms with Crippen LogP contribution in [0.4, 0.5) is 0 Å². The molecular weight excluding hydrogens is 250 g/mol. The Morgan fingerprint density at radius 2 is 2.05 bits per heavy atom. The van der Waals surface area contributed by atoms with Gasteiger partial charge in [0.05, 0.1) is 5.69 Å². The predicted octanol–water partition coefficient (Wildman–Crippen LogP) is 3.11. The number of aromatic amines is 1. The van der Waals surface area contributed by atoms with Gasteiger partial charge in [0, 0.05) is 35.3 Å². The summed E-state index contributed by atoms with van der Waals surface area (Å²) in [5, 5.41) is 2.09. The summed E-state index contributed by atoms with van der Waals surface area (Å²) in [4.78, 5) is 23.3. The van der Waals surface area contributed by atoms with E-state index in [9.17, 15) is 4.79 Å². The number of nitrogens with zero attached hydrogens (tertiary/aromatic N) is 2. The highest BCUT2D eigenvalue weighted by Gasteiger charge is 2.09. The van der Waals surface area contributed by atoms with E-state index in [0.29, 0.717) is 11.5 Å². The van der Waals surface area contributed by atoms with E-state index in [1.165, 1.54) is 0 Å². The van der Waals surface area contributed by atoms with E-state index in [1.807, 2.05) is 44.3 Å². The van der Waals surface area contributed by atoms with Crippen LogP contribution in [0.3, 0.4) is 0 Å². The van der Waals surface area contributed by atoms with Crippen molar-refractivity contribution >= 4 is 10.8 Å². The lowest BCUT2D eigenvalue weighted by atomic mass is 10.0. The first-order valence-electron chi connectivity index (χ1n) is 6.59. The van der Waals surface area contributed by atoms with E-state index in [0.717, 1.165) is 16.3 Å². The molecule has 1 N–H and O–H groups in total. The maximum absolute atomic E-state index is 11.8. The highest BCUT2D eigenvalue weighted by Crippen LogP contribution is 2.26. The number of pyridine rings is 1. The summed E-state index contributed by atoms with van der Waals surface area (Å²) in [6, 6.07) is 9.43. The number of fused-ring (bicyclic) bond motifs is 1. The number of rotatable bonds is 2. The Kier molecular flexibility index (Phi) is 3.06. The summed E-state index contributed by atoms with van der Waals surface area (Å²) < 4.78 is 0. The van der Waals surface area contributed by atoms with E-state index >= 15 is 0 Å². The Morgan fingerprint density at radius 3 is 2.85 bits per heavy atom. The Balaban J connectivity index is 2.28. The normalized spacial score (nSPS) is 11.2. The van der Waals surface area contributed by atoms with Gasteiger partial charge in [-0.15, -0.1) is 0 Å². The molecule has 0 radical (unpaired) electrons. The number of hydrogen-bond acceptors (Lipinski definition) is 3. The van der Waals surface area contributed by atoms with Crippen LogP contribution in [0, 0.1) is 0 Å². The van der Waals surface area contributed by atoms with E-state index < -0.39 is 0 Å². The van der Waals surface area contributed by atoms with Gasteiger partial charge in [-0.25, -0.2) is 4.98 Å². The van der Waals surface area contributed by atoms with Crippen LogP contribution in [0.15, 0.2) is 47.5 Å². The van der Waals surface area contributed by atoms with Gasteiger partial charge in [0.1, 0.15) is 5.82 Å². The first-order valence-corrected chi connectivity index (χ1v) is 6.59. The number of aromatic nitrogens is 3. The van der Waals surface area contributed by atoms with Crippen molar-refractivity contribution in [3.05, 3.63) is 58.9 Å². The molecule has 0 atom stereocenters. The zero-order valence-corrected chi connectivity index (χ0v) is 11.4. The van der Waals surface area contributed by atoms with Crippen molar-refractivity contribution in [2.75, 3.05) is 0 Å². The van der Waals surface area contributed by atoms with Crippen molar-refractivity contribution in [3.8, 4) is 11.3 Å². The first kappa shape index (κ1) is 12.5. The second-order valence-corrected chi connectivity index (χ2v) is 5.07. The van der Waals surface area contributed by atoms with Gasteiger partial charge in [-0.2, -0.15) is 0 Å². The zero-order valence-electron chi connectivity index (χ0n) is 11.4. The lowest BCUT2D eigenvalue weighted by Crippen LogP contribution is -2.12. The highest BCUT2D eigenvalue weighted by molar-refractivity contribution is 5.95. The molecule has 4 nitrogen and oxygen atoms in total. The van der Waals surface area contributed by atoms with Crippen LogP contribution in [0.25, 0.3) is 22.0 Å². The number of benzene rings is 1. The van der Waals surface area contributed by atoms with Gasteiger partial charge >= 0.3 is 0 Å². The minimum absolute atomic E-state index is 0.121. The lowest BCUT2D eigenvalue weighted by Gasteiger charge is -2.09. The molecule has 1 aromatic carbocycles. The third-order valence-electron chi connectivity index (χ3n) is 3.26. The van der Waals surface area contributed by atoms with E-state index in [4.69, 9.17) is 0 Å². The van der Waals surface area contributed by atoms with Crippen molar-refractivity contribution in [2.24, 2.45) is 0 Å². The Bertz CT molecular complexity index is 816. The fraction of sp³-hybridized carbons (Fsp3) is 0.188. The largest absolute Gasteiger partial charge is 0.310 e. The quantitative estimate of drug-likeness (QED) is 0.774. The molecule has 0 fully saturated rings. The standard InChI is InChI=1S/C16H15N3O/c1-10(2)16-18-14(8-15(20)19-16)13-5-3-4-11-9-17-7-6-12(11)13/h3-10H,1-2H3,(H,18,19,20). The SMILES string of the molecule is CC(C)c1nc(-c2cccc3cnccc23)cc(=O)[nH]1. The molecule has 0 aliphatic rings. The van der Waals surface area contributed by atoms with Gasteiger partial charge in [0.15, 0.2) is 0 Å². The molecule has 20 heavy (non-hydrogen) atoms. The molecule has 2 aromatic heterocycles. The molecule has 0 aliphatic carbocycles. The average molecular weight is 265 g/mol. The lowest BCUT2D eigenvalue weighted by molar-refractivity contribution is 0.768. The summed E-state index contributed by atoms with van der Waals surface area (Å²) in [7, 11) is 0. The molecular formula is C16H15N3O. The van der Waals surface area contributed by atoms with Crippen LogP contribution in [0.2, 0.25) is 0 Å². The van der Waals surface area contributed by atoms with Gasteiger partial charge in [-0.1, -0.05) is 32.0 Å². The van der Waals surface area contributed by atoms with Crippen LogP contribution in [-0.4, -0.2) is 15.0 Å². The van der Waals surface area contributed by atoms with Gasteiger partial charge in [-0.05, 0) is 11.5 Å². The maximum Gasteiger partial charge on any atom is 0.251 e. The van der Waals surface area contributed by atoms with Crippen LogP contribution in [0.1, 0.15) is 25.6 Å². The smallest absolute Gasteiger partial charge is 0.251 e. The highest BCUT2D eigenvalue weighted by atomic mass is 16.1.